The number of hydrogen-bond acceptors (Lipinski definition) is 9. The topological polar surface area (TPSA) is 166 Å². The first-order valence-corrected chi connectivity index (χ1v) is 7.55. The molecule has 3 rings (SSSR count). The highest BCUT2D eigenvalue weighted by Gasteiger charge is 2.44. The highest BCUT2D eigenvalue weighted by atomic mass is 31.1. The van der Waals surface area contributed by atoms with E-state index in [2.05, 4.69) is 19.5 Å². The van der Waals surface area contributed by atoms with Gasteiger partial charge in [-0.1, -0.05) is 0 Å². The fourth-order valence-corrected chi connectivity index (χ4v) is 2.61. The largest absolute Gasteiger partial charge is 0.387 e. The third-order valence-corrected chi connectivity index (χ3v) is 3.78. The Hall–Kier alpha value is -1.62. The fraction of sp³-hybridized carbons (Fsp3) is 0.500. The zero-order valence-electron chi connectivity index (χ0n) is 11.1. The van der Waals surface area contributed by atoms with Gasteiger partial charge in [-0.25, -0.2) is 15.0 Å². The van der Waals surface area contributed by atoms with Gasteiger partial charge in [-0.05, 0) is 0 Å². The van der Waals surface area contributed by atoms with Crippen molar-refractivity contribution >= 4 is 25.2 Å². The number of aliphatic hydroxyl groups is 2. The molecule has 0 spiro atoms. The van der Waals surface area contributed by atoms with E-state index in [0.717, 1.165) is 0 Å². The fourth-order valence-electron chi connectivity index (χ4n) is 2.31. The van der Waals surface area contributed by atoms with Crippen molar-refractivity contribution in [2.75, 3.05) is 12.3 Å². The summed E-state index contributed by atoms with van der Waals surface area (Å²) < 4.78 is 22.0. The molecule has 3 heterocycles. The first kappa shape index (κ1) is 15.3. The molecule has 5 atom stereocenters. The van der Waals surface area contributed by atoms with Crippen molar-refractivity contribution in [3.8, 4) is 0 Å². The molecular formula is C10H14N5O6P. The molecule has 1 aliphatic rings. The predicted octanol–water partition coefficient (Wildman–Crippen LogP) is -1.57. The Morgan fingerprint density at radius 2 is 2.14 bits per heavy atom. The number of fused-ring (bicyclic) bond motifs is 1. The monoisotopic (exact) mass is 331 g/mol. The Kier molecular flexibility index (Phi) is 4.08. The summed E-state index contributed by atoms with van der Waals surface area (Å²) in [5.74, 6) is 0.176. The molecule has 22 heavy (non-hydrogen) atoms. The van der Waals surface area contributed by atoms with Crippen molar-refractivity contribution in [2.24, 2.45) is 0 Å². The minimum Gasteiger partial charge on any atom is -0.387 e. The second-order valence-electron chi connectivity index (χ2n) is 4.71. The van der Waals surface area contributed by atoms with Crippen LogP contribution in [0.2, 0.25) is 0 Å². The number of ether oxygens (including phenoxy) is 1. The van der Waals surface area contributed by atoms with Crippen LogP contribution in [-0.2, 0) is 13.8 Å². The number of nitrogen functional groups attached to an aromatic ring is 1. The quantitative estimate of drug-likeness (QED) is 0.480. The molecule has 0 aliphatic carbocycles. The summed E-state index contributed by atoms with van der Waals surface area (Å²) in [6, 6.07) is 0. The lowest BCUT2D eigenvalue weighted by atomic mass is 10.1. The molecule has 2 aromatic heterocycles. The van der Waals surface area contributed by atoms with E-state index in [1.54, 1.807) is 0 Å². The van der Waals surface area contributed by atoms with Crippen LogP contribution >= 0.6 is 8.25 Å². The van der Waals surface area contributed by atoms with Gasteiger partial charge in [0.2, 0.25) is 0 Å². The highest BCUT2D eigenvalue weighted by molar-refractivity contribution is 7.32. The SMILES string of the molecule is Nc1ncnc2c1ncn2C1OC(CO[PH](=O)O)[C@@H](O)[C@H]1O. The molecular weight excluding hydrogens is 317 g/mol. The Morgan fingerprint density at radius 1 is 1.36 bits per heavy atom. The van der Waals surface area contributed by atoms with Crippen LogP contribution in [0, 0.1) is 0 Å². The molecule has 5 N–H and O–H groups in total. The van der Waals surface area contributed by atoms with Gasteiger partial charge in [-0.3, -0.25) is 9.13 Å². The molecule has 1 fully saturated rings. The van der Waals surface area contributed by atoms with Gasteiger partial charge in [0.1, 0.15) is 30.2 Å². The molecule has 1 aliphatic heterocycles. The summed E-state index contributed by atoms with van der Waals surface area (Å²) in [6.45, 7) is -0.327. The number of anilines is 1. The normalized spacial score (nSPS) is 30.0. The summed E-state index contributed by atoms with van der Waals surface area (Å²) in [7, 11) is -3.15. The molecule has 2 aromatic rings. The van der Waals surface area contributed by atoms with E-state index in [4.69, 9.17) is 15.4 Å². The Labute approximate surface area is 124 Å². The van der Waals surface area contributed by atoms with Crippen LogP contribution in [0.1, 0.15) is 6.23 Å². The van der Waals surface area contributed by atoms with Crippen LogP contribution in [0.15, 0.2) is 12.7 Å². The van der Waals surface area contributed by atoms with E-state index in [-0.39, 0.29) is 12.4 Å². The average Bonchev–Trinajstić information content (AvgIpc) is 3.01. The van der Waals surface area contributed by atoms with Crippen LogP contribution in [0.25, 0.3) is 11.2 Å². The third kappa shape index (κ3) is 2.58. The van der Waals surface area contributed by atoms with E-state index in [0.29, 0.717) is 11.2 Å². The Bertz CT molecular complexity index is 710. The van der Waals surface area contributed by atoms with Gasteiger partial charge in [0, 0.05) is 0 Å². The van der Waals surface area contributed by atoms with Crippen LogP contribution in [0.4, 0.5) is 5.82 Å². The number of rotatable bonds is 4. The number of aromatic nitrogens is 4. The number of nitrogens with two attached hydrogens (primary N) is 1. The van der Waals surface area contributed by atoms with Crippen LogP contribution in [-0.4, -0.2) is 59.5 Å². The van der Waals surface area contributed by atoms with Crippen molar-refractivity contribution in [2.45, 2.75) is 24.5 Å². The Morgan fingerprint density at radius 3 is 2.86 bits per heavy atom. The van der Waals surface area contributed by atoms with Gasteiger partial charge in [0.05, 0.1) is 12.9 Å². The van der Waals surface area contributed by atoms with Crippen molar-refractivity contribution in [1.29, 1.82) is 0 Å². The predicted molar refractivity (Wildman–Crippen MR) is 72.8 cm³/mol. The second kappa shape index (κ2) is 5.88. The van der Waals surface area contributed by atoms with Crippen molar-refractivity contribution in [3.05, 3.63) is 12.7 Å². The average molecular weight is 331 g/mol. The number of nitrogens with zero attached hydrogens (tertiary/aromatic N) is 4. The molecule has 1 saturated heterocycles. The summed E-state index contributed by atoms with van der Waals surface area (Å²) in [5, 5.41) is 20.1. The molecule has 11 nitrogen and oxygen atoms in total. The van der Waals surface area contributed by atoms with Gasteiger partial charge in [-0.15, -0.1) is 0 Å². The van der Waals surface area contributed by atoms with E-state index in [1.165, 1.54) is 17.2 Å². The van der Waals surface area contributed by atoms with E-state index < -0.39 is 32.8 Å². The zero-order valence-corrected chi connectivity index (χ0v) is 12.1. The molecule has 12 heteroatoms. The summed E-state index contributed by atoms with van der Waals surface area (Å²) in [6.07, 6.45) is -1.92. The maximum absolute atomic E-state index is 10.6. The van der Waals surface area contributed by atoms with Gasteiger partial charge >= 0.3 is 8.25 Å². The first-order chi connectivity index (χ1) is 10.5. The number of aliphatic hydroxyl groups excluding tert-OH is 2. The summed E-state index contributed by atoms with van der Waals surface area (Å²) in [4.78, 5) is 20.5. The molecule has 0 aromatic carbocycles. The molecule has 0 bridgehead atoms. The Balaban J connectivity index is 1.87. The van der Waals surface area contributed by atoms with E-state index in [1.807, 2.05) is 0 Å². The second-order valence-corrected chi connectivity index (χ2v) is 5.53. The van der Waals surface area contributed by atoms with Crippen molar-refractivity contribution in [1.82, 2.24) is 19.5 Å². The van der Waals surface area contributed by atoms with Crippen LogP contribution in [0.5, 0.6) is 0 Å². The number of imidazole rings is 1. The van der Waals surface area contributed by atoms with Crippen molar-refractivity contribution < 1.29 is 28.9 Å². The van der Waals surface area contributed by atoms with E-state index in [9.17, 15) is 14.8 Å². The summed E-state index contributed by atoms with van der Waals surface area (Å²) in [5.41, 5.74) is 6.35. The first-order valence-electron chi connectivity index (χ1n) is 6.29. The molecule has 0 radical (unpaired) electrons. The van der Waals surface area contributed by atoms with Gasteiger partial charge in [-0.2, -0.15) is 0 Å². The van der Waals surface area contributed by atoms with Gasteiger partial charge in [0.15, 0.2) is 17.7 Å². The van der Waals surface area contributed by atoms with E-state index >= 15 is 0 Å². The zero-order chi connectivity index (χ0) is 15.9. The lowest BCUT2D eigenvalue weighted by molar-refractivity contribution is -0.0476. The molecule has 120 valence electrons. The van der Waals surface area contributed by atoms with Gasteiger partial charge < -0.3 is 30.1 Å². The maximum atomic E-state index is 10.6. The third-order valence-electron chi connectivity index (χ3n) is 3.37. The van der Waals surface area contributed by atoms with Gasteiger partial charge in [0.25, 0.3) is 0 Å². The molecule has 0 saturated carbocycles. The minimum absolute atomic E-state index is 0.176. The van der Waals surface area contributed by atoms with Crippen LogP contribution < -0.4 is 5.73 Å². The summed E-state index contributed by atoms with van der Waals surface area (Å²) >= 11 is 0. The number of hydrogen-bond donors (Lipinski definition) is 4. The van der Waals surface area contributed by atoms with Crippen LogP contribution in [0.3, 0.4) is 0 Å². The smallest absolute Gasteiger partial charge is 0.316 e. The molecule has 3 unspecified atom stereocenters. The highest BCUT2D eigenvalue weighted by Crippen LogP contribution is 2.33. The minimum atomic E-state index is -3.15. The lowest BCUT2D eigenvalue weighted by Gasteiger charge is -2.16. The lowest BCUT2D eigenvalue weighted by Crippen LogP contribution is -2.33. The maximum Gasteiger partial charge on any atom is 0.316 e. The molecule has 0 amide bonds. The standard InChI is InChI=1S/C10H14N5O6P/c11-8-5-9(13-2-12-8)15(3-14-5)10-7(17)6(16)4(21-10)1-20-22(18)19/h2-4,6-7,10,16-17,22H,1H2,(H,18,19)(H2,11,12,13)/t4?,6-,7-,10?/m1/s1. The van der Waals surface area contributed by atoms with Crippen molar-refractivity contribution in [3.63, 3.8) is 0 Å².